The molecule has 2 heterocycles. The number of amides is 1. The number of aromatic nitrogens is 2. The van der Waals surface area contributed by atoms with Crippen molar-refractivity contribution < 1.29 is 14.6 Å². The molecule has 2 aliphatic rings. The van der Waals surface area contributed by atoms with Crippen molar-refractivity contribution in [3.63, 3.8) is 0 Å². The van der Waals surface area contributed by atoms with Crippen molar-refractivity contribution in [3.8, 4) is 5.75 Å². The van der Waals surface area contributed by atoms with Crippen LogP contribution in [0.1, 0.15) is 30.3 Å². The lowest BCUT2D eigenvalue weighted by molar-refractivity contribution is -0.129. The molecule has 0 bridgehead atoms. The molecule has 1 amide bonds. The number of fused-ring (bicyclic) bond motifs is 1. The van der Waals surface area contributed by atoms with E-state index >= 15 is 0 Å². The number of rotatable bonds is 6. The molecule has 0 spiro atoms. The molecule has 4 rings (SSSR count). The number of thioether (sulfide) groups is 1. The van der Waals surface area contributed by atoms with Gasteiger partial charge in [-0.15, -0.1) is 11.8 Å². The summed E-state index contributed by atoms with van der Waals surface area (Å²) in [7, 11) is 1.64. The van der Waals surface area contributed by atoms with Crippen LogP contribution in [0, 0.1) is 5.92 Å². The van der Waals surface area contributed by atoms with E-state index in [4.69, 9.17) is 4.74 Å². The molecule has 1 aromatic heterocycles. The molecular weight excluding hydrogens is 350 g/mol. The van der Waals surface area contributed by atoms with Crippen LogP contribution in [0.5, 0.6) is 5.75 Å². The number of carbonyl (C=O) groups excluding carboxylic acids is 1. The fraction of sp³-hybridized carbons (Fsp3) is 0.474. The Kier molecular flexibility index (Phi) is 4.91. The molecule has 1 fully saturated rings. The van der Waals surface area contributed by atoms with E-state index < -0.39 is 6.10 Å². The van der Waals surface area contributed by atoms with Crippen LogP contribution < -0.4 is 4.74 Å². The van der Waals surface area contributed by atoms with Crippen LogP contribution in [-0.4, -0.2) is 45.1 Å². The van der Waals surface area contributed by atoms with Crippen LogP contribution in [0.3, 0.4) is 0 Å². The maximum absolute atomic E-state index is 12.6. The van der Waals surface area contributed by atoms with E-state index in [-0.39, 0.29) is 5.91 Å². The Bertz CT molecular complexity index is 803. The zero-order valence-corrected chi connectivity index (χ0v) is 15.6. The average Bonchev–Trinajstić information content (AvgIpc) is 3.43. The molecule has 6 nitrogen and oxygen atoms in total. The number of methoxy groups -OCH3 is 1. The van der Waals surface area contributed by atoms with Gasteiger partial charge in [-0.05, 0) is 43.0 Å². The van der Waals surface area contributed by atoms with Gasteiger partial charge < -0.3 is 14.7 Å². The Morgan fingerprint density at radius 3 is 3.00 bits per heavy atom. The number of benzene rings is 1. The summed E-state index contributed by atoms with van der Waals surface area (Å²) in [5, 5.41) is 14.8. The first-order valence-corrected chi connectivity index (χ1v) is 9.92. The number of hydrogen-bond donors (Lipinski definition) is 1. The van der Waals surface area contributed by atoms with Crippen LogP contribution in [0.4, 0.5) is 0 Å². The Morgan fingerprint density at radius 2 is 2.23 bits per heavy atom. The molecule has 7 heteroatoms. The van der Waals surface area contributed by atoms with Crippen LogP contribution in [0.2, 0.25) is 0 Å². The number of ether oxygens (including phenoxy) is 1. The van der Waals surface area contributed by atoms with Crippen LogP contribution >= 0.6 is 11.8 Å². The summed E-state index contributed by atoms with van der Waals surface area (Å²) >= 11 is 1.52. The number of hydrogen-bond acceptors (Lipinski definition) is 5. The van der Waals surface area contributed by atoms with Crippen molar-refractivity contribution in [3.05, 3.63) is 41.7 Å². The SMILES string of the molecule is COc1cccc(SCC(=O)N2CCn3nc([C@H](O)C4CC4)cc3C2)c1. The molecular formula is C19H23N3O3S. The molecule has 2 aromatic rings. The monoisotopic (exact) mass is 373 g/mol. The van der Waals surface area contributed by atoms with Gasteiger partial charge in [0, 0.05) is 11.4 Å². The highest BCUT2D eigenvalue weighted by Crippen LogP contribution is 2.40. The topological polar surface area (TPSA) is 67.6 Å². The summed E-state index contributed by atoms with van der Waals surface area (Å²) in [5.74, 6) is 1.68. The number of aliphatic hydroxyl groups is 1. The van der Waals surface area contributed by atoms with Crippen molar-refractivity contribution >= 4 is 17.7 Å². The predicted molar refractivity (Wildman–Crippen MR) is 99.0 cm³/mol. The van der Waals surface area contributed by atoms with Gasteiger partial charge >= 0.3 is 0 Å². The molecule has 26 heavy (non-hydrogen) atoms. The highest BCUT2D eigenvalue weighted by Gasteiger charge is 2.33. The summed E-state index contributed by atoms with van der Waals surface area (Å²) in [4.78, 5) is 15.5. The number of carbonyl (C=O) groups is 1. The fourth-order valence-corrected chi connectivity index (χ4v) is 4.07. The summed E-state index contributed by atoms with van der Waals surface area (Å²) in [6.07, 6.45) is 1.70. The van der Waals surface area contributed by atoms with E-state index in [2.05, 4.69) is 5.10 Å². The second-order valence-corrected chi connectivity index (χ2v) is 7.90. The van der Waals surface area contributed by atoms with Gasteiger partial charge in [-0.3, -0.25) is 9.48 Å². The van der Waals surface area contributed by atoms with Crippen molar-refractivity contribution in [2.45, 2.75) is 36.9 Å². The second kappa shape index (κ2) is 7.32. The highest BCUT2D eigenvalue weighted by molar-refractivity contribution is 8.00. The van der Waals surface area contributed by atoms with E-state index in [0.717, 1.165) is 34.9 Å². The first kappa shape index (κ1) is 17.4. The van der Waals surface area contributed by atoms with Crippen molar-refractivity contribution in [2.24, 2.45) is 5.92 Å². The van der Waals surface area contributed by atoms with E-state index in [1.54, 1.807) is 7.11 Å². The third kappa shape index (κ3) is 3.73. The lowest BCUT2D eigenvalue weighted by Crippen LogP contribution is -2.39. The molecule has 1 aliphatic carbocycles. The Hall–Kier alpha value is -1.99. The van der Waals surface area contributed by atoms with Crippen molar-refractivity contribution in [1.82, 2.24) is 14.7 Å². The Morgan fingerprint density at radius 1 is 1.38 bits per heavy atom. The van der Waals surface area contributed by atoms with Gasteiger partial charge in [0.2, 0.25) is 5.91 Å². The normalized spacial score (nSPS) is 17.7. The number of nitrogens with zero attached hydrogens (tertiary/aromatic N) is 3. The molecule has 1 aliphatic heterocycles. The molecule has 0 unspecified atom stereocenters. The minimum Gasteiger partial charge on any atom is -0.497 e. The minimum atomic E-state index is -0.458. The molecule has 1 aromatic carbocycles. The lowest BCUT2D eigenvalue weighted by Gasteiger charge is -2.27. The largest absolute Gasteiger partial charge is 0.497 e. The first-order chi connectivity index (χ1) is 12.6. The molecule has 1 saturated carbocycles. The average molecular weight is 373 g/mol. The second-order valence-electron chi connectivity index (χ2n) is 6.85. The van der Waals surface area contributed by atoms with E-state index in [1.165, 1.54) is 11.8 Å². The maximum Gasteiger partial charge on any atom is 0.233 e. The van der Waals surface area contributed by atoms with Crippen molar-refractivity contribution in [2.75, 3.05) is 19.4 Å². The zero-order chi connectivity index (χ0) is 18.1. The Labute approximate surface area is 157 Å². The van der Waals surface area contributed by atoms with E-state index in [0.29, 0.717) is 31.3 Å². The summed E-state index contributed by atoms with van der Waals surface area (Å²) in [6.45, 7) is 1.90. The van der Waals surface area contributed by atoms with Gasteiger partial charge in [-0.2, -0.15) is 5.10 Å². The summed E-state index contributed by atoms with van der Waals surface area (Å²) in [6, 6.07) is 9.70. The first-order valence-electron chi connectivity index (χ1n) is 8.93. The zero-order valence-electron chi connectivity index (χ0n) is 14.8. The third-order valence-corrected chi connectivity index (χ3v) is 5.92. The Balaban J connectivity index is 1.36. The quantitative estimate of drug-likeness (QED) is 0.788. The van der Waals surface area contributed by atoms with Crippen LogP contribution in [0.15, 0.2) is 35.2 Å². The molecule has 0 saturated heterocycles. The van der Waals surface area contributed by atoms with Gasteiger partial charge in [0.25, 0.3) is 0 Å². The van der Waals surface area contributed by atoms with Gasteiger partial charge in [-0.25, -0.2) is 0 Å². The molecule has 0 radical (unpaired) electrons. The summed E-state index contributed by atoms with van der Waals surface area (Å²) in [5.41, 5.74) is 1.76. The predicted octanol–water partition coefficient (Wildman–Crippen LogP) is 2.47. The molecule has 1 atom stereocenters. The standard InChI is InChI=1S/C19H23N3O3S/c1-25-15-3-2-4-16(10-15)26-12-18(23)21-7-8-22-14(11-21)9-17(20-22)19(24)13-5-6-13/h2-4,9-10,13,19,24H,5-8,11-12H2,1H3/t19-/m1/s1. The van der Waals surface area contributed by atoms with Gasteiger partial charge in [0.05, 0.1) is 37.3 Å². The maximum atomic E-state index is 12.6. The smallest absolute Gasteiger partial charge is 0.233 e. The lowest BCUT2D eigenvalue weighted by atomic mass is 10.1. The van der Waals surface area contributed by atoms with Gasteiger partial charge in [-0.1, -0.05) is 6.07 Å². The van der Waals surface area contributed by atoms with Gasteiger partial charge in [0.1, 0.15) is 11.9 Å². The molecule has 1 N–H and O–H groups in total. The van der Waals surface area contributed by atoms with Crippen LogP contribution in [-0.2, 0) is 17.9 Å². The summed E-state index contributed by atoms with van der Waals surface area (Å²) < 4.78 is 7.15. The third-order valence-electron chi connectivity index (χ3n) is 4.94. The van der Waals surface area contributed by atoms with E-state index in [1.807, 2.05) is 39.9 Å². The van der Waals surface area contributed by atoms with Crippen LogP contribution in [0.25, 0.3) is 0 Å². The fourth-order valence-electron chi connectivity index (χ4n) is 3.23. The van der Waals surface area contributed by atoms with Gasteiger partial charge in [0.15, 0.2) is 0 Å². The number of aliphatic hydroxyl groups excluding tert-OH is 1. The van der Waals surface area contributed by atoms with Crippen molar-refractivity contribution in [1.29, 1.82) is 0 Å². The highest BCUT2D eigenvalue weighted by atomic mass is 32.2. The minimum absolute atomic E-state index is 0.120. The molecule has 138 valence electrons. The van der Waals surface area contributed by atoms with E-state index in [9.17, 15) is 9.90 Å².